The Kier molecular flexibility index (Phi) is 7.19. The zero-order valence-corrected chi connectivity index (χ0v) is 12.3. The van der Waals surface area contributed by atoms with Crippen molar-refractivity contribution in [3.8, 4) is 0 Å². The first-order chi connectivity index (χ1) is 7.08. The highest BCUT2D eigenvalue weighted by Gasteiger charge is 2.37. The molecule has 0 spiro atoms. The van der Waals surface area contributed by atoms with E-state index in [1.165, 1.54) is 32.0 Å². The van der Waals surface area contributed by atoms with Gasteiger partial charge in [0, 0.05) is 0 Å². The minimum absolute atomic E-state index is 0.779. The maximum absolute atomic E-state index is 4.14. The van der Waals surface area contributed by atoms with Crippen LogP contribution >= 0.6 is 0 Å². The Hall–Kier alpha value is -0.0831. The second-order valence-corrected chi connectivity index (χ2v) is 9.30. The van der Waals surface area contributed by atoms with E-state index in [9.17, 15) is 0 Å². The van der Waals surface area contributed by atoms with Gasteiger partial charge in [-0.25, -0.2) is 0 Å². The van der Waals surface area contributed by atoms with Crippen LogP contribution in [0.5, 0.6) is 0 Å². The van der Waals surface area contributed by atoms with E-state index < -0.39 is 8.24 Å². The standard InChI is InChI=1S/C13H29NSi/c1-7-11-12-15(10-4,13(5)6)14(8-2)9-3/h10,13H,4,7-9,11-12H2,1-3,5-6H3. The van der Waals surface area contributed by atoms with Crippen LogP contribution in [0.2, 0.25) is 11.6 Å². The number of nitrogens with zero attached hydrogens (tertiary/aromatic N) is 1. The molecule has 0 aliphatic rings. The Bertz CT molecular complexity index is 175. The molecule has 15 heavy (non-hydrogen) atoms. The first-order valence-electron chi connectivity index (χ1n) is 6.47. The van der Waals surface area contributed by atoms with Gasteiger partial charge in [0.15, 0.2) is 8.24 Å². The molecule has 0 saturated heterocycles. The normalized spacial score (nSPS) is 15.7. The van der Waals surface area contributed by atoms with Crippen LogP contribution in [0.15, 0.2) is 12.3 Å². The topological polar surface area (TPSA) is 3.24 Å². The third kappa shape index (κ3) is 3.46. The molecule has 0 aliphatic heterocycles. The van der Waals surface area contributed by atoms with Crippen molar-refractivity contribution in [3.05, 3.63) is 12.3 Å². The second kappa shape index (κ2) is 7.23. The van der Waals surface area contributed by atoms with Crippen molar-refractivity contribution >= 4 is 8.24 Å². The Labute approximate surface area is 97.6 Å². The van der Waals surface area contributed by atoms with Crippen LogP contribution in [0.3, 0.4) is 0 Å². The van der Waals surface area contributed by atoms with Crippen LogP contribution in [0, 0.1) is 0 Å². The Morgan fingerprint density at radius 1 is 1.20 bits per heavy atom. The SMILES string of the molecule is C=C[Si](CCCC)(C(C)C)N(CC)CC. The molecule has 0 aromatic carbocycles. The summed E-state index contributed by atoms with van der Waals surface area (Å²) in [6, 6.07) is 1.38. The van der Waals surface area contributed by atoms with Crippen LogP contribution in [-0.2, 0) is 0 Å². The summed E-state index contributed by atoms with van der Waals surface area (Å²) in [6.45, 7) is 18.1. The monoisotopic (exact) mass is 227 g/mol. The van der Waals surface area contributed by atoms with Gasteiger partial charge < -0.3 is 4.57 Å². The van der Waals surface area contributed by atoms with Gasteiger partial charge in [0.1, 0.15) is 0 Å². The fourth-order valence-corrected chi connectivity index (χ4v) is 7.21. The van der Waals surface area contributed by atoms with Crippen LogP contribution < -0.4 is 0 Å². The molecule has 0 aliphatic carbocycles. The van der Waals surface area contributed by atoms with Gasteiger partial charge in [-0.1, -0.05) is 53.2 Å². The summed E-state index contributed by atoms with van der Waals surface area (Å²) in [6.07, 6.45) is 2.66. The van der Waals surface area contributed by atoms with Crippen molar-refractivity contribution in [1.29, 1.82) is 0 Å². The average molecular weight is 227 g/mol. The molecule has 0 radical (unpaired) electrons. The van der Waals surface area contributed by atoms with Crippen molar-refractivity contribution < 1.29 is 0 Å². The van der Waals surface area contributed by atoms with Crippen LogP contribution in [0.4, 0.5) is 0 Å². The summed E-state index contributed by atoms with van der Waals surface area (Å²) in [4.78, 5) is 0. The third-order valence-electron chi connectivity index (χ3n) is 3.64. The molecule has 0 rings (SSSR count). The zero-order chi connectivity index (χ0) is 11.9. The predicted octanol–water partition coefficient (Wildman–Crippen LogP) is 4.21. The van der Waals surface area contributed by atoms with Crippen molar-refractivity contribution in [1.82, 2.24) is 4.57 Å². The molecule has 2 heteroatoms. The fourth-order valence-electron chi connectivity index (χ4n) is 2.55. The van der Waals surface area contributed by atoms with E-state index in [4.69, 9.17) is 0 Å². The molecule has 1 nitrogen and oxygen atoms in total. The summed E-state index contributed by atoms with van der Waals surface area (Å²) < 4.78 is 2.69. The van der Waals surface area contributed by atoms with Crippen LogP contribution in [0.25, 0.3) is 0 Å². The number of unbranched alkanes of at least 4 members (excludes halogenated alkanes) is 1. The van der Waals surface area contributed by atoms with Gasteiger partial charge in [-0.2, -0.15) is 0 Å². The molecule has 0 N–H and O–H groups in total. The molecular formula is C13H29NSi. The van der Waals surface area contributed by atoms with Gasteiger partial charge >= 0.3 is 0 Å². The Morgan fingerprint density at radius 3 is 2.00 bits per heavy atom. The maximum atomic E-state index is 4.14. The second-order valence-electron chi connectivity index (χ2n) is 4.63. The smallest absolute Gasteiger partial charge is 0.155 e. The summed E-state index contributed by atoms with van der Waals surface area (Å²) in [5, 5.41) is 0. The van der Waals surface area contributed by atoms with Gasteiger partial charge in [-0.15, -0.1) is 6.58 Å². The first kappa shape index (κ1) is 14.9. The fraction of sp³-hybridized carbons (Fsp3) is 0.846. The predicted molar refractivity (Wildman–Crippen MR) is 73.7 cm³/mol. The lowest BCUT2D eigenvalue weighted by molar-refractivity contribution is 0.453. The summed E-state index contributed by atoms with van der Waals surface area (Å²) in [5.41, 5.74) is 3.10. The van der Waals surface area contributed by atoms with Crippen LogP contribution in [0.1, 0.15) is 47.5 Å². The molecular weight excluding hydrogens is 198 g/mol. The molecule has 1 atom stereocenters. The van der Waals surface area contributed by atoms with Gasteiger partial charge in [-0.3, -0.25) is 0 Å². The lowest BCUT2D eigenvalue weighted by Crippen LogP contribution is -2.54. The molecule has 0 heterocycles. The van der Waals surface area contributed by atoms with E-state index in [0.717, 1.165) is 5.54 Å². The lowest BCUT2D eigenvalue weighted by atomic mass is 10.4. The lowest BCUT2D eigenvalue weighted by Gasteiger charge is -2.42. The number of hydrogen-bond donors (Lipinski definition) is 0. The largest absolute Gasteiger partial charge is 0.321 e. The highest BCUT2D eigenvalue weighted by Crippen LogP contribution is 2.31. The highest BCUT2D eigenvalue weighted by atomic mass is 28.3. The molecule has 90 valence electrons. The van der Waals surface area contributed by atoms with Crippen molar-refractivity contribution in [2.24, 2.45) is 0 Å². The van der Waals surface area contributed by atoms with Crippen molar-refractivity contribution in [2.75, 3.05) is 13.1 Å². The van der Waals surface area contributed by atoms with Gasteiger partial charge in [-0.05, 0) is 24.7 Å². The minimum Gasteiger partial charge on any atom is -0.321 e. The average Bonchev–Trinajstić information content (AvgIpc) is 2.24. The molecule has 0 aromatic rings. The quantitative estimate of drug-likeness (QED) is 0.562. The van der Waals surface area contributed by atoms with E-state index in [0.29, 0.717) is 0 Å². The molecule has 1 unspecified atom stereocenters. The zero-order valence-electron chi connectivity index (χ0n) is 11.3. The summed E-state index contributed by atoms with van der Waals surface area (Å²) >= 11 is 0. The number of rotatable bonds is 8. The van der Waals surface area contributed by atoms with E-state index in [1.807, 2.05) is 0 Å². The van der Waals surface area contributed by atoms with Gasteiger partial charge in [0.05, 0.1) is 0 Å². The van der Waals surface area contributed by atoms with E-state index in [-0.39, 0.29) is 0 Å². The van der Waals surface area contributed by atoms with Crippen molar-refractivity contribution in [2.45, 2.75) is 59.0 Å². The van der Waals surface area contributed by atoms with E-state index >= 15 is 0 Å². The molecule has 0 saturated carbocycles. The Balaban J connectivity index is 4.85. The van der Waals surface area contributed by atoms with Crippen molar-refractivity contribution in [3.63, 3.8) is 0 Å². The molecule has 0 fully saturated rings. The minimum atomic E-state index is -1.40. The molecule has 0 amide bonds. The third-order valence-corrected chi connectivity index (χ3v) is 9.31. The maximum Gasteiger partial charge on any atom is 0.155 e. The summed E-state index contributed by atoms with van der Waals surface area (Å²) in [7, 11) is -1.40. The summed E-state index contributed by atoms with van der Waals surface area (Å²) in [5.74, 6) is 0. The van der Waals surface area contributed by atoms with E-state index in [1.54, 1.807) is 0 Å². The molecule has 0 aromatic heterocycles. The number of hydrogen-bond acceptors (Lipinski definition) is 1. The first-order valence-corrected chi connectivity index (χ1v) is 8.78. The van der Waals surface area contributed by atoms with Gasteiger partial charge in [0.2, 0.25) is 0 Å². The molecule has 0 bridgehead atoms. The van der Waals surface area contributed by atoms with E-state index in [2.05, 4.69) is 51.5 Å². The highest BCUT2D eigenvalue weighted by molar-refractivity contribution is 6.83. The van der Waals surface area contributed by atoms with Crippen LogP contribution in [-0.4, -0.2) is 25.9 Å². The van der Waals surface area contributed by atoms with Gasteiger partial charge in [0.25, 0.3) is 0 Å². The Morgan fingerprint density at radius 2 is 1.73 bits per heavy atom.